The Labute approximate surface area is 156 Å². The molecule has 0 aromatic heterocycles. The molecule has 0 saturated carbocycles. The van der Waals surface area contributed by atoms with Crippen molar-refractivity contribution < 1.29 is 24.2 Å². The molecular weight excluding hydrogens is 344 g/mol. The molecule has 0 aliphatic heterocycles. The quantitative estimate of drug-likeness (QED) is 0.503. The first-order valence-corrected chi connectivity index (χ1v) is 8.45. The lowest BCUT2D eigenvalue weighted by Crippen LogP contribution is -2.11. The molecule has 3 aromatic carbocycles. The van der Waals surface area contributed by atoms with Gasteiger partial charge in [-0.2, -0.15) is 0 Å². The molecule has 3 aromatic rings. The predicted octanol–water partition coefficient (Wildman–Crippen LogP) is 4.23. The first-order valence-electron chi connectivity index (χ1n) is 8.45. The molecule has 3 rings (SSSR count). The van der Waals surface area contributed by atoms with E-state index in [1.54, 1.807) is 36.4 Å². The van der Waals surface area contributed by atoms with Crippen LogP contribution in [0.25, 0.3) is 0 Å². The molecule has 1 N–H and O–H groups in total. The first kappa shape index (κ1) is 18.2. The Balaban J connectivity index is 1.64. The second-order valence-corrected chi connectivity index (χ2v) is 5.80. The molecule has 0 aliphatic carbocycles. The number of carbonyl (C=O) groups excluding carboxylic acids is 1. The van der Waals surface area contributed by atoms with Crippen LogP contribution in [0.15, 0.2) is 78.9 Å². The smallest absolute Gasteiger partial charge is 0.343 e. The van der Waals surface area contributed by atoms with Gasteiger partial charge in [-0.25, -0.2) is 9.59 Å². The Hall–Kier alpha value is -3.60. The van der Waals surface area contributed by atoms with Crippen LogP contribution in [0.3, 0.4) is 0 Å². The van der Waals surface area contributed by atoms with Crippen LogP contribution in [0.4, 0.5) is 0 Å². The summed E-state index contributed by atoms with van der Waals surface area (Å²) < 4.78 is 11.0. The van der Waals surface area contributed by atoms with Crippen molar-refractivity contribution in [2.24, 2.45) is 0 Å². The number of carbonyl (C=O) groups is 2. The Morgan fingerprint density at radius 3 is 2.37 bits per heavy atom. The van der Waals surface area contributed by atoms with Gasteiger partial charge in [-0.05, 0) is 35.9 Å². The summed E-state index contributed by atoms with van der Waals surface area (Å²) in [6.07, 6.45) is 0.751. The van der Waals surface area contributed by atoms with Crippen LogP contribution in [0.1, 0.15) is 26.3 Å². The summed E-state index contributed by atoms with van der Waals surface area (Å²) in [5.41, 5.74) is 1.38. The van der Waals surface area contributed by atoms with Gasteiger partial charge in [-0.1, -0.05) is 48.5 Å². The third-order valence-corrected chi connectivity index (χ3v) is 3.89. The number of esters is 1. The largest absolute Gasteiger partial charge is 0.493 e. The Morgan fingerprint density at radius 1 is 0.852 bits per heavy atom. The zero-order valence-electron chi connectivity index (χ0n) is 14.5. The fourth-order valence-electron chi connectivity index (χ4n) is 2.54. The van der Waals surface area contributed by atoms with E-state index in [0.717, 1.165) is 6.42 Å². The number of ether oxygens (including phenoxy) is 2. The molecule has 0 unspecified atom stereocenters. The standard InChI is InChI=1S/C22H18O5/c23-21(24)19-11-4-5-12-20(19)27-22(25)17-9-6-10-18(15-17)26-14-13-16-7-2-1-3-8-16/h1-12,15H,13-14H2,(H,23,24). The van der Waals surface area contributed by atoms with Crippen LogP contribution < -0.4 is 9.47 Å². The molecule has 5 nitrogen and oxygen atoms in total. The number of para-hydroxylation sites is 1. The first-order chi connectivity index (χ1) is 13.1. The van der Waals surface area contributed by atoms with Crippen LogP contribution in [0, 0.1) is 0 Å². The third kappa shape index (κ3) is 4.95. The molecule has 27 heavy (non-hydrogen) atoms. The van der Waals surface area contributed by atoms with Gasteiger partial charge in [0.25, 0.3) is 0 Å². The van der Waals surface area contributed by atoms with E-state index in [-0.39, 0.29) is 16.9 Å². The maximum atomic E-state index is 12.4. The van der Waals surface area contributed by atoms with E-state index in [1.807, 2.05) is 30.3 Å². The van der Waals surface area contributed by atoms with Crippen molar-refractivity contribution in [3.05, 3.63) is 95.6 Å². The van der Waals surface area contributed by atoms with Gasteiger partial charge >= 0.3 is 11.9 Å². The van der Waals surface area contributed by atoms with Crippen molar-refractivity contribution in [3.63, 3.8) is 0 Å². The summed E-state index contributed by atoms with van der Waals surface area (Å²) in [6, 6.07) is 22.6. The maximum absolute atomic E-state index is 12.4. The fraction of sp³-hybridized carbons (Fsp3) is 0.0909. The highest BCUT2D eigenvalue weighted by Crippen LogP contribution is 2.21. The van der Waals surface area contributed by atoms with Crippen molar-refractivity contribution in [1.29, 1.82) is 0 Å². The Bertz CT molecular complexity index is 934. The molecular formula is C22H18O5. The number of aromatic carboxylic acids is 1. The molecule has 0 bridgehead atoms. The summed E-state index contributed by atoms with van der Waals surface area (Å²) in [7, 11) is 0. The zero-order valence-corrected chi connectivity index (χ0v) is 14.5. The highest BCUT2D eigenvalue weighted by atomic mass is 16.5. The minimum Gasteiger partial charge on any atom is -0.493 e. The van der Waals surface area contributed by atoms with E-state index in [0.29, 0.717) is 12.4 Å². The fourth-order valence-corrected chi connectivity index (χ4v) is 2.54. The number of carboxylic acid groups (broad SMARTS) is 1. The summed E-state index contributed by atoms with van der Waals surface area (Å²) in [5, 5.41) is 9.17. The van der Waals surface area contributed by atoms with Crippen molar-refractivity contribution in [1.82, 2.24) is 0 Å². The molecule has 5 heteroatoms. The monoisotopic (exact) mass is 362 g/mol. The lowest BCUT2D eigenvalue weighted by Gasteiger charge is -2.09. The van der Waals surface area contributed by atoms with Gasteiger partial charge in [0.05, 0.1) is 12.2 Å². The highest BCUT2D eigenvalue weighted by molar-refractivity contribution is 5.95. The highest BCUT2D eigenvalue weighted by Gasteiger charge is 2.15. The van der Waals surface area contributed by atoms with Gasteiger partial charge in [0.15, 0.2) is 0 Å². The second-order valence-electron chi connectivity index (χ2n) is 5.80. The maximum Gasteiger partial charge on any atom is 0.343 e. The summed E-state index contributed by atoms with van der Waals surface area (Å²) in [6.45, 7) is 0.477. The Morgan fingerprint density at radius 2 is 1.59 bits per heavy atom. The minimum absolute atomic E-state index is 0.00500. The van der Waals surface area contributed by atoms with Crippen molar-refractivity contribution in [3.8, 4) is 11.5 Å². The van der Waals surface area contributed by atoms with Crippen molar-refractivity contribution >= 4 is 11.9 Å². The van der Waals surface area contributed by atoms with E-state index in [2.05, 4.69) is 0 Å². The predicted molar refractivity (Wildman–Crippen MR) is 100 cm³/mol. The normalized spacial score (nSPS) is 10.2. The van der Waals surface area contributed by atoms with Gasteiger partial charge in [-0.3, -0.25) is 0 Å². The average molecular weight is 362 g/mol. The molecule has 0 amide bonds. The van der Waals surface area contributed by atoms with Crippen LogP contribution in [-0.4, -0.2) is 23.7 Å². The Kier molecular flexibility index (Phi) is 5.84. The minimum atomic E-state index is -1.16. The van der Waals surface area contributed by atoms with E-state index < -0.39 is 11.9 Å². The van der Waals surface area contributed by atoms with E-state index >= 15 is 0 Å². The van der Waals surface area contributed by atoms with Gasteiger partial charge in [-0.15, -0.1) is 0 Å². The van der Waals surface area contributed by atoms with Crippen molar-refractivity contribution in [2.75, 3.05) is 6.61 Å². The number of hydrogen-bond acceptors (Lipinski definition) is 4. The summed E-state index contributed by atoms with van der Waals surface area (Å²) >= 11 is 0. The molecule has 136 valence electrons. The van der Waals surface area contributed by atoms with Gasteiger partial charge in [0.1, 0.15) is 17.1 Å². The number of rotatable bonds is 7. The van der Waals surface area contributed by atoms with Crippen LogP contribution in [-0.2, 0) is 6.42 Å². The second kappa shape index (κ2) is 8.67. The number of benzene rings is 3. The molecule has 0 atom stereocenters. The van der Waals surface area contributed by atoms with Crippen LogP contribution in [0.2, 0.25) is 0 Å². The van der Waals surface area contributed by atoms with Gasteiger partial charge in [0, 0.05) is 6.42 Å². The van der Waals surface area contributed by atoms with Crippen LogP contribution >= 0.6 is 0 Å². The molecule has 0 aliphatic rings. The summed E-state index contributed by atoms with van der Waals surface area (Å²) in [5.74, 6) is -1.24. The molecule has 0 fully saturated rings. The lowest BCUT2D eigenvalue weighted by molar-refractivity contribution is 0.0681. The van der Waals surface area contributed by atoms with E-state index in [9.17, 15) is 14.7 Å². The van der Waals surface area contributed by atoms with Crippen LogP contribution in [0.5, 0.6) is 11.5 Å². The number of carboxylic acids is 1. The SMILES string of the molecule is O=C(Oc1ccccc1C(=O)O)c1cccc(OCCc2ccccc2)c1. The topological polar surface area (TPSA) is 72.8 Å². The molecule has 0 saturated heterocycles. The van der Waals surface area contributed by atoms with Gasteiger partial charge in [0.2, 0.25) is 0 Å². The number of hydrogen-bond donors (Lipinski definition) is 1. The van der Waals surface area contributed by atoms with Crippen molar-refractivity contribution in [2.45, 2.75) is 6.42 Å². The third-order valence-electron chi connectivity index (χ3n) is 3.89. The van der Waals surface area contributed by atoms with E-state index in [1.165, 1.54) is 17.7 Å². The molecule has 0 heterocycles. The van der Waals surface area contributed by atoms with Gasteiger partial charge < -0.3 is 14.6 Å². The van der Waals surface area contributed by atoms with E-state index in [4.69, 9.17) is 9.47 Å². The molecule has 0 spiro atoms. The average Bonchev–Trinajstić information content (AvgIpc) is 2.69. The zero-order chi connectivity index (χ0) is 19.1. The summed E-state index contributed by atoms with van der Waals surface area (Å²) in [4.78, 5) is 23.6. The molecule has 0 radical (unpaired) electrons. The lowest BCUT2D eigenvalue weighted by atomic mass is 10.2.